The van der Waals surface area contributed by atoms with Crippen LogP contribution in [0.25, 0.3) is 0 Å². The van der Waals surface area contributed by atoms with E-state index in [0.717, 1.165) is 5.56 Å². The Morgan fingerprint density at radius 2 is 2.21 bits per heavy atom. The first-order valence-electron chi connectivity index (χ1n) is 4.57. The van der Waals surface area contributed by atoms with Crippen LogP contribution in [-0.4, -0.2) is 13.2 Å². The van der Waals surface area contributed by atoms with Gasteiger partial charge in [-0.3, -0.25) is 0 Å². The van der Waals surface area contributed by atoms with E-state index in [-0.39, 0.29) is 6.04 Å². The Hall–Kier alpha value is -0.770. The van der Waals surface area contributed by atoms with Gasteiger partial charge in [0.2, 0.25) is 0 Å². The Labute approximate surface area is 89.0 Å². The first-order valence-corrected chi connectivity index (χ1v) is 4.94. The molecule has 0 bridgehead atoms. The van der Waals surface area contributed by atoms with Crippen molar-refractivity contribution >= 4 is 11.6 Å². The molecule has 0 saturated heterocycles. The highest BCUT2D eigenvalue weighted by molar-refractivity contribution is 6.32. The van der Waals surface area contributed by atoms with Crippen molar-refractivity contribution in [2.75, 3.05) is 13.2 Å². The van der Waals surface area contributed by atoms with Crippen LogP contribution >= 0.6 is 11.6 Å². The SMILES string of the molecule is CCOc1ccc(C(N)CN)cc1Cl. The number of ether oxygens (including phenoxy) is 1. The third-order valence-electron chi connectivity index (χ3n) is 1.94. The maximum Gasteiger partial charge on any atom is 0.137 e. The molecule has 0 spiro atoms. The van der Waals surface area contributed by atoms with Crippen molar-refractivity contribution in [1.29, 1.82) is 0 Å². The van der Waals surface area contributed by atoms with Gasteiger partial charge in [-0.05, 0) is 24.6 Å². The average molecular weight is 215 g/mol. The highest BCUT2D eigenvalue weighted by Gasteiger charge is 2.07. The molecule has 4 N–H and O–H groups in total. The molecule has 1 aromatic carbocycles. The number of benzene rings is 1. The van der Waals surface area contributed by atoms with Gasteiger partial charge in [0.05, 0.1) is 11.6 Å². The summed E-state index contributed by atoms with van der Waals surface area (Å²) < 4.78 is 5.30. The summed E-state index contributed by atoms with van der Waals surface area (Å²) in [6.07, 6.45) is 0. The quantitative estimate of drug-likeness (QED) is 0.802. The average Bonchev–Trinajstić information content (AvgIpc) is 2.20. The van der Waals surface area contributed by atoms with Gasteiger partial charge in [0, 0.05) is 12.6 Å². The van der Waals surface area contributed by atoms with Crippen molar-refractivity contribution in [3.8, 4) is 5.75 Å². The van der Waals surface area contributed by atoms with Crippen LogP contribution in [0.2, 0.25) is 5.02 Å². The molecule has 4 heteroatoms. The molecule has 0 radical (unpaired) electrons. The lowest BCUT2D eigenvalue weighted by Crippen LogP contribution is -2.20. The second-order valence-corrected chi connectivity index (χ2v) is 3.37. The first kappa shape index (κ1) is 11.3. The number of hydrogen-bond donors (Lipinski definition) is 2. The molecule has 78 valence electrons. The van der Waals surface area contributed by atoms with Crippen molar-refractivity contribution in [2.24, 2.45) is 11.5 Å². The zero-order valence-electron chi connectivity index (χ0n) is 8.16. The van der Waals surface area contributed by atoms with E-state index in [1.807, 2.05) is 19.1 Å². The molecular weight excluding hydrogens is 200 g/mol. The summed E-state index contributed by atoms with van der Waals surface area (Å²) in [5, 5.41) is 0.577. The molecule has 0 fully saturated rings. The molecule has 0 amide bonds. The molecule has 0 aliphatic rings. The summed E-state index contributed by atoms with van der Waals surface area (Å²) in [7, 11) is 0. The van der Waals surface area contributed by atoms with E-state index in [1.165, 1.54) is 0 Å². The number of halogens is 1. The van der Waals surface area contributed by atoms with Crippen molar-refractivity contribution in [3.05, 3.63) is 28.8 Å². The normalized spacial score (nSPS) is 12.6. The van der Waals surface area contributed by atoms with E-state index >= 15 is 0 Å². The van der Waals surface area contributed by atoms with Gasteiger partial charge in [-0.25, -0.2) is 0 Å². The van der Waals surface area contributed by atoms with Crippen molar-refractivity contribution < 1.29 is 4.74 Å². The summed E-state index contributed by atoms with van der Waals surface area (Å²) in [6.45, 7) is 2.92. The second kappa shape index (κ2) is 5.20. The Kier molecular flexibility index (Phi) is 4.20. The highest BCUT2D eigenvalue weighted by Crippen LogP contribution is 2.27. The van der Waals surface area contributed by atoms with E-state index in [9.17, 15) is 0 Å². The van der Waals surface area contributed by atoms with Crippen LogP contribution in [0.15, 0.2) is 18.2 Å². The molecule has 3 nitrogen and oxygen atoms in total. The number of hydrogen-bond acceptors (Lipinski definition) is 3. The summed E-state index contributed by atoms with van der Waals surface area (Å²) in [5.74, 6) is 0.683. The van der Waals surface area contributed by atoms with Crippen LogP contribution in [-0.2, 0) is 0 Å². The molecule has 1 unspecified atom stereocenters. The minimum Gasteiger partial charge on any atom is -0.492 e. The topological polar surface area (TPSA) is 61.3 Å². The van der Waals surface area contributed by atoms with Crippen LogP contribution in [0, 0.1) is 0 Å². The van der Waals surface area contributed by atoms with Gasteiger partial charge < -0.3 is 16.2 Å². The summed E-state index contributed by atoms with van der Waals surface area (Å²) in [6, 6.07) is 5.33. The Balaban J connectivity index is 2.88. The van der Waals surface area contributed by atoms with E-state index in [4.69, 9.17) is 27.8 Å². The molecular formula is C10H15ClN2O. The molecule has 1 rings (SSSR count). The largest absolute Gasteiger partial charge is 0.492 e. The monoisotopic (exact) mass is 214 g/mol. The minimum atomic E-state index is -0.164. The fraction of sp³-hybridized carbons (Fsp3) is 0.400. The van der Waals surface area contributed by atoms with Gasteiger partial charge >= 0.3 is 0 Å². The zero-order valence-corrected chi connectivity index (χ0v) is 8.92. The summed E-state index contributed by atoms with van der Waals surface area (Å²) in [4.78, 5) is 0. The minimum absolute atomic E-state index is 0.164. The summed E-state index contributed by atoms with van der Waals surface area (Å²) in [5.41, 5.74) is 12.1. The van der Waals surface area contributed by atoms with Gasteiger partial charge in [0.15, 0.2) is 0 Å². The number of rotatable bonds is 4. The predicted octanol–water partition coefficient (Wildman–Crippen LogP) is 1.70. The molecule has 0 saturated carbocycles. The van der Waals surface area contributed by atoms with Crippen molar-refractivity contribution in [1.82, 2.24) is 0 Å². The number of nitrogens with two attached hydrogens (primary N) is 2. The Morgan fingerprint density at radius 3 is 2.71 bits per heavy atom. The lowest BCUT2D eigenvalue weighted by Gasteiger charge is -2.11. The lowest BCUT2D eigenvalue weighted by molar-refractivity contribution is 0.340. The molecule has 1 atom stereocenters. The van der Waals surface area contributed by atoms with Gasteiger partial charge in [-0.15, -0.1) is 0 Å². The van der Waals surface area contributed by atoms with Crippen molar-refractivity contribution in [3.63, 3.8) is 0 Å². The second-order valence-electron chi connectivity index (χ2n) is 2.97. The highest BCUT2D eigenvalue weighted by atomic mass is 35.5. The van der Waals surface area contributed by atoms with Crippen LogP contribution in [0.4, 0.5) is 0 Å². The fourth-order valence-electron chi connectivity index (χ4n) is 1.16. The third-order valence-corrected chi connectivity index (χ3v) is 2.23. The molecule has 14 heavy (non-hydrogen) atoms. The maximum atomic E-state index is 5.99. The standard InChI is InChI=1S/C10H15ClN2O/c1-2-14-10-4-3-7(5-8(10)11)9(13)6-12/h3-5,9H,2,6,12-13H2,1H3. The van der Waals surface area contributed by atoms with Gasteiger partial charge in [0.1, 0.15) is 5.75 Å². The molecule has 0 aliphatic heterocycles. The Morgan fingerprint density at radius 1 is 1.50 bits per heavy atom. The van der Waals surface area contributed by atoms with Crippen molar-refractivity contribution in [2.45, 2.75) is 13.0 Å². The third kappa shape index (κ3) is 2.61. The molecule has 0 aromatic heterocycles. The lowest BCUT2D eigenvalue weighted by atomic mass is 10.1. The first-order chi connectivity index (χ1) is 6.69. The van der Waals surface area contributed by atoms with E-state index in [2.05, 4.69) is 0 Å². The Bertz CT molecular complexity index is 304. The van der Waals surface area contributed by atoms with Crippen LogP contribution in [0.3, 0.4) is 0 Å². The van der Waals surface area contributed by atoms with E-state index in [1.54, 1.807) is 6.07 Å². The smallest absolute Gasteiger partial charge is 0.137 e. The van der Waals surface area contributed by atoms with E-state index in [0.29, 0.717) is 23.9 Å². The van der Waals surface area contributed by atoms with Crippen LogP contribution < -0.4 is 16.2 Å². The molecule has 0 aliphatic carbocycles. The van der Waals surface area contributed by atoms with Crippen LogP contribution in [0.5, 0.6) is 5.75 Å². The fourth-order valence-corrected chi connectivity index (χ4v) is 1.40. The summed E-state index contributed by atoms with van der Waals surface area (Å²) >= 11 is 5.99. The zero-order chi connectivity index (χ0) is 10.6. The van der Waals surface area contributed by atoms with Gasteiger partial charge in [-0.2, -0.15) is 0 Å². The molecule has 1 aromatic rings. The van der Waals surface area contributed by atoms with Crippen LogP contribution in [0.1, 0.15) is 18.5 Å². The van der Waals surface area contributed by atoms with E-state index < -0.39 is 0 Å². The van der Waals surface area contributed by atoms with Gasteiger partial charge in [0.25, 0.3) is 0 Å². The predicted molar refractivity (Wildman–Crippen MR) is 58.6 cm³/mol. The van der Waals surface area contributed by atoms with Gasteiger partial charge in [-0.1, -0.05) is 17.7 Å². The molecule has 0 heterocycles. The maximum absolute atomic E-state index is 5.99.